The Balaban J connectivity index is 2.02. The molecule has 1 saturated heterocycles. The second-order valence-corrected chi connectivity index (χ2v) is 4.43. The van der Waals surface area contributed by atoms with Crippen molar-refractivity contribution in [2.45, 2.75) is 12.8 Å². The van der Waals surface area contributed by atoms with Crippen molar-refractivity contribution in [3.05, 3.63) is 0 Å². The fraction of sp³-hybridized carbons (Fsp3) is 1.00. The molecular formula is C8H16F2N2S. The highest BCUT2D eigenvalue weighted by Crippen LogP contribution is 2.15. The van der Waals surface area contributed by atoms with Gasteiger partial charge >= 0.3 is 0 Å². The van der Waals surface area contributed by atoms with Gasteiger partial charge in [0.25, 0.3) is 0 Å². The summed E-state index contributed by atoms with van der Waals surface area (Å²) in [7, 11) is 2.08. The van der Waals surface area contributed by atoms with Gasteiger partial charge in [-0.25, -0.2) is 13.1 Å². The van der Waals surface area contributed by atoms with Crippen molar-refractivity contribution in [1.29, 1.82) is 0 Å². The maximum absolute atomic E-state index is 11.8. The van der Waals surface area contributed by atoms with Crippen LogP contribution < -0.4 is 0 Å². The number of hydrogen-bond acceptors (Lipinski definition) is 3. The number of nitrogens with zero attached hydrogens (tertiary/aromatic N) is 2. The van der Waals surface area contributed by atoms with Crippen LogP contribution in [0.15, 0.2) is 0 Å². The molecule has 1 aliphatic rings. The van der Waals surface area contributed by atoms with Gasteiger partial charge in [0.2, 0.25) is 6.43 Å². The van der Waals surface area contributed by atoms with Crippen LogP contribution >= 0.6 is 11.9 Å². The van der Waals surface area contributed by atoms with Crippen molar-refractivity contribution < 1.29 is 8.78 Å². The molecule has 78 valence electrons. The van der Waals surface area contributed by atoms with Gasteiger partial charge in [-0.3, -0.25) is 0 Å². The van der Waals surface area contributed by atoms with Gasteiger partial charge in [-0.1, -0.05) is 11.9 Å². The first kappa shape index (κ1) is 11.2. The number of likely N-dealkylation sites (N-methyl/N-ethyl adjacent to an activating group) is 1. The molecule has 0 aromatic heterocycles. The zero-order valence-corrected chi connectivity index (χ0v) is 8.70. The molecule has 13 heavy (non-hydrogen) atoms. The van der Waals surface area contributed by atoms with E-state index in [-0.39, 0.29) is 6.42 Å². The first-order chi connectivity index (χ1) is 6.18. The van der Waals surface area contributed by atoms with Crippen LogP contribution in [0.4, 0.5) is 8.78 Å². The lowest BCUT2D eigenvalue weighted by atomic mass is 10.4. The molecule has 0 bridgehead atoms. The van der Waals surface area contributed by atoms with Crippen molar-refractivity contribution in [3.63, 3.8) is 0 Å². The molecule has 5 heteroatoms. The first-order valence-corrected chi connectivity index (χ1v) is 5.47. The second-order valence-electron chi connectivity index (χ2n) is 3.25. The number of halogens is 2. The number of rotatable bonds is 4. The van der Waals surface area contributed by atoms with E-state index in [1.165, 1.54) is 0 Å². The summed E-state index contributed by atoms with van der Waals surface area (Å²) < 4.78 is 25.8. The Bertz CT molecular complexity index is 138. The summed E-state index contributed by atoms with van der Waals surface area (Å²) >= 11 is 1.55. The molecule has 0 amide bonds. The Labute approximate surface area is 82.4 Å². The lowest BCUT2D eigenvalue weighted by Crippen LogP contribution is -2.41. The molecule has 1 aliphatic heterocycles. The van der Waals surface area contributed by atoms with Crippen LogP contribution in [0.5, 0.6) is 0 Å². The van der Waals surface area contributed by atoms with Crippen LogP contribution in [0.2, 0.25) is 0 Å². The Morgan fingerprint density at radius 2 is 1.85 bits per heavy atom. The summed E-state index contributed by atoms with van der Waals surface area (Å²) in [6, 6.07) is 0. The molecule has 0 spiro atoms. The summed E-state index contributed by atoms with van der Waals surface area (Å²) in [5.41, 5.74) is 0. The Morgan fingerprint density at radius 3 is 2.38 bits per heavy atom. The number of piperazine rings is 1. The van der Waals surface area contributed by atoms with E-state index in [2.05, 4.69) is 16.3 Å². The van der Waals surface area contributed by atoms with Crippen molar-refractivity contribution in [2.75, 3.05) is 39.0 Å². The lowest BCUT2D eigenvalue weighted by Gasteiger charge is -2.31. The summed E-state index contributed by atoms with van der Waals surface area (Å²) in [6.45, 7) is 4.07. The highest BCUT2D eigenvalue weighted by molar-refractivity contribution is 7.97. The molecule has 1 heterocycles. The quantitative estimate of drug-likeness (QED) is 0.650. The molecule has 1 rings (SSSR count). The van der Waals surface area contributed by atoms with E-state index in [4.69, 9.17) is 0 Å². The van der Waals surface area contributed by atoms with Crippen LogP contribution in [-0.2, 0) is 0 Å². The van der Waals surface area contributed by atoms with Crippen LogP contribution in [0, 0.1) is 0 Å². The zero-order valence-electron chi connectivity index (χ0n) is 7.88. The maximum atomic E-state index is 11.8. The normalized spacial score (nSPS) is 21.2. The van der Waals surface area contributed by atoms with Gasteiger partial charge < -0.3 is 4.90 Å². The molecule has 2 nitrogen and oxygen atoms in total. The van der Waals surface area contributed by atoms with E-state index in [1.807, 2.05) is 0 Å². The predicted octanol–water partition coefficient (Wildman–Crippen LogP) is 1.54. The number of hydrogen-bond donors (Lipinski definition) is 0. The van der Waals surface area contributed by atoms with E-state index in [0.717, 1.165) is 26.2 Å². The fourth-order valence-corrected chi connectivity index (χ4v) is 2.15. The van der Waals surface area contributed by atoms with Crippen LogP contribution in [0.1, 0.15) is 6.42 Å². The van der Waals surface area contributed by atoms with Gasteiger partial charge in [0, 0.05) is 38.4 Å². The molecular weight excluding hydrogens is 194 g/mol. The van der Waals surface area contributed by atoms with E-state index < -0.39 is 6.43 Å². The highest BCUT2D eigenvalue weighted by atomic mass is 32.2. The fourth-order valence-electron chi connectivity index (χ4n) is 1.19. The van der Waals surface area contributed by atoms with Crippen molar-refractivity contribution in [1.82, 2.24) is 9.21 Å². The number of alkyl halides is 2. The third-order valence-corrected chi connectivity index (χ3v) is 3.22. The summed E-state index contributed by atoms with van der Waals surface area (Å²) in [5.74, 6) is 0.543. The molecule has 0 N–H and O–H groups in total. The first-order valence-electron chi connectivity index (χ1n) is 4.53. The lowest BCUT2D eigenvalue weighted by molar-refractivity contribution is 0.145. The third-order valence-electron chi connectivity index (χ3n) is 2.07. The van der Waals surface area contributed by atoms with Gasteiger partial charge in [-0.2, -0.15) is 0 Å². The van der Waals surface area contributed by atoms with E-state index >= 15 is 0 Å². The molecule has 0 unspecified atom stereocenters. The van der Waals surface area contributed by atoms with Crippen molar-refractivity contribution in [3.8, 4) is 0 Å². The second kappa shape index (κ2) is 5.78. The van der Waals surface area contributed by atoms with Crippen LogP contribution in [0.25, 0.3) is 0 Å². The third kappa shape index (κ3) is 4.78. The average Bonchev–Trinajstić information content (AvgIpc) is 2.08. The van der Waals surface area contributed by atoms with E-state index in [0.29, 0.717) is 5.75 Å². The summed E-state index contributed by atoms with van der Waals surface area (Å²) in [5, 5.41) is 0. The standard InChI is InChI=1S/C8H16F2N2S/c1-11-3-5-12(6-4-11)13-7-2-8(9)10/h8H,2-7H2,1H3. The predicted molar refractivity (Wildman–Crippen MR) is 52.1 cm³/mol. The molecule has 0 atom stereocenters. The molecule has 0 saturated carbocycles. The summed E-state index contributed by atoms with van der Waals surface area (Å²) in [4.78, 5) is 2.25. The molecule has 0 aliphatic carbocycles. The largest absolute Gasteiger partial charge is 0.304 e. The minimum atomic E-state index is -2.15. The molecule has 0 aromatic rings. The van der Waals surface area contributed by atoms with Crippen LogP contribution in [0.3, 0.4) is 0 Å². The topological polar surface area (TPSA) is 6.48 Å². The summed E-state index contributed by atoms with van der Waals surface area (Å²) in [6.07, 6.45) is -2.14. The van der Waals surface area contributed by atoms with Crippen molar-refractivity contribution >= 4 is 11.9 Å². The minimum Gasteiger partial charge on any atom is -0.304 e. The van der Waals surface area contributed by atoms with Crippen molar-refractivity contribution in [2.24, 2.45) is 0 Å². The van der Waals surface area contributed by atoms with Gasteiger partial charge in [-0.15, -0.1) is 0 Å². The Morgan fingerprint density at radius 1 is 1.23 bits per heavy atom. The molecule has 1 fully saturated rings. The van der Waals surface area contributed by atoms with Gasteiger partial charge in [0.15, 0.2) is 0 Å². The smallest absolute Gasteiger partial charge is 0.239 e. The van der Waals surface area contributed by atoms with E-state index in [9.17, 15) is 8.78 Å². The zero-order chi connectivity index (χ0) is 9.68. The highest BCUT2D eigenvalue weighted by Gasteiger charge is 2.14. The average molecular weight is 210 g/mol. The Kier molecular flexibility index (Phi) is 4.98. The maximum Gasteiger partial charge on any atom is 0.239 e. The monoisotopic (exact) mass is 210 g/mol. The van der Waals surface area contributed by atoms with Gasteiger partial charge in [0.1, 0.15) is 0 Å². The van der Waals surface area contributed by atoms with Gasteiger partial charge in [0.05, 0.1) is 0 Å². The van der Waals surface area contributed by atoms with Gasteiger partial charge in [-0.05, 0) is 7.05 Å². The molecule has 0 radical (unpaired) electrons. The van der Waals surface area contributed by atoms with Crippen LogP contribution in [-0.4, -0.2) is 54.6 Å². The molecule has 0 aromatic carbocycles. The SMILES string of the molecule is CN1CCN(SCCC(F)F)CC1. The Hall–Kier alpha value is 0.130. The van der Waals surface area contributed by atoms with E-state index in [1.54, 1.807) is 11.9 Å². The minimum absolute atomic E-state index is 0.0109.